The molecule has 2 aromatic heterocycles. The van der Waals surface area contributed by atoms with Crippen molar-refractivity contribution in [2.75, 3.05) is 0 Å². The fraction of sp³-hybridized carbons (Fsp3) is 0.364. The molecule has 2 rings (SSSR count). The fourth-order valence-corrected chi connectivity index (χ4v) is 1.57. The van der Waals surface area contributed by atoms with Crippen molar-refractivity contribution in [3.63, 3.8) is 0 Å². The van der Waals surface area contributed by atoms with E-state index in [4.69, 9.17) is 5.11 Å². The molecule has 7 heteroatoms. The maximum absolute atomic E-state index is 10.4. The molecule has 0 aliphatic rings. The summed E-state index contributed by atoms with van der Waals surface area (Å²) in [6.07, 6.45) is 2.88. The van der Waals surface area contributed by atoms with Crippen LogP contribution in [0.25, 0.3) is 0 Å². The number of aryl methyl sites for hydroxylation is 1. The topological polar surface area (TPSA) is 93.8 Å². The van der Waals surface area contributed by atoms with Crippen molar-refractivity contribution in [3.05, 3.63) is 35.9 Å². The van der Waals surface area contributed by atoms with Crippen LogP contribution in [0.4, 0.5) is 0 Å². The van der Waals surface area contributed by atoms with Crippen LogP contribution in [0, 0.1) is 0 Å². The number of nitrogens with zero attached hydrogens (tertiary/aromatic N) is 5. The summed E-state index contributed by atoms with van der Waals surface area (Å²) in [5.74, 6) is -0.117. The van der Waals surface area contributed by atoms with Crippen molar-refractivity contribution in [2.24, 2.45) is 0 Å². The minimum absolute atomic E-state index is 0.114. The Morgan fingerprint density at radius 3 is 3.00 bits per heavy atom. The highest BCUT2D eigenvalue weighted by Gasteiger charge is 2.08. The fourth-order valence-electron chi connectivity index (χ4n) is 1.57. The van der Waals surface area contributed by atoms with Gasteiger partial charge in [0.2, 0.25) is 0 Å². The van der Waals surface area contributed by atoms with Crippen LogP contribution < -0.4 is 0 Å². The highest BCUT2D eigenvalue weighted by Crippen LogP contribution is 2.04. The predicted molar refractivity (Wildman–Crippen MR) is 61.7 cm³/mol. The molecule has 0 fully saturated rings. The molecule has 2 aromatic rings. The molecular weight excluding hydrogens is 234 g/mol. The van der Waals surface area contributed by atoms with E-state index in [1.54, 1.807) is 10.9 Å². The van der Waals surface area contributed by atoms with Gasteiger partial charge in [0.05, 0.1) is 6.42 Å². The number of hydrogen-bond acceptors (Lipinski definition) is 5. The first-order valence-electron chi connectivity index (χ1n) is 5.62. The Morgan fingerprint density at radius 2 is 2.28 bits per heavy atom. The summed E-state index contributed by atoms with van der Waals surface area (Å²) in [6, 6.07) is 5.65. The van der Waals surface area contributed by atoms with Gasteiger partial charge in [-0.05, 0) is 29.0 Å². The highest BCUT2D eigenvalue weighted by atomic mass is 16.4. The maximum Gasteiger partial charge on any atom is 0.303 e. The SMILES string of the molecule is O=C(O)CCCn1nnnc1Cc1ccccn1. The van der Waals surface area contributed by atoms with E-state index in [0.29, 0.717) is 25.2 Å². The smallest absolute Gasteiger partial charge is 0.303 e. The van der Waals surface area contributed by atoms with Crippen LogP contribution in [0.2, 0.25) is 0 Å². The Balaban J connectivity index is 1.97. The van der Waals surface area contributed by atoms with Gasteiger partial charge in [-0.25, -0.2) is 4.68 Å². The van der Waals surface area contributed by atoms with E-state index in [1.807, 2.05) is 18.2 Å². The zero-order valence-corrected chi connectivity index (χ0v) is 9.73. The molecule has 0 aliphatic heterocycles. The summed E-state index contributed by atoms with van der Waals surface area (Å²) >= 11 is 0. The molecule has 0 unspecified atom stereocenters. The lowest BCUT2D eigenvalue weighted by Gasteiger charge is -2.03. The van der Waals surface area contributed by atoms with Crippen LogP contribution in [0.1, 0.15) is 24.4 Å². The molecule has 94 valence electrons. The second-order valence-electron chi connectivity index (χ2n) is 3.81. The van der Waals surface area contributed by atoms with E-state index in [2.05, 4.69) is 20.5 Å². The van der Waals surface area contributed by atoms with Crippen LogP contribution >= 0.6 is 0 Å². The maximum atomic E-state index is 10.4. The van der Waals surface area contributed by atoms with Crippen molar-refractivity contribution in [2.45, 2.75) is 25.8 Å². The summed E-state index contributed by atoms with van der Waals surface area (Å²) in [5.41, 5.74) is 0.881. The zero-order valence-electron chi connectivity index (χ0n) is 9.73. The lowest BCUT2D eigenvalue weighted by atomic mass is 10.2. The molecule has 0 amide bonds. The van der Waals surface area contributed by atoms with Crippen molar-refractivity contribution in [1.82, 2.24) is 25.2 Å². The first-order valence-corrected chi connectivity index (χ1v) is 5.62. The molecule has 2 heterocycles. The van der Waals surface area contributed by atoms with Gasteiger partial charge in [0.15, 0.2) is 5.82 Å². The first-order chi connectivity index (χ1) is 8.75. The summed E-state index contributed by atoms with van der Waals surface area (Å²) in [7, 11) is 0. The van der Waals surface area contributed by atoms with Crippen LogP contribution in [-0.4, -0.2) is 36.3 Å². The predicted octanol–water partition coefficient (Wildman–Crippen LogP) is 0.524. The Labute approximate surface area is 103 Å². The van der Waals surface area contributed by atoms with Crippen molar-refractivity contribution < 1.29 is 9.90 Å². The first kappa shape index (κ1) is 12.2. The van der Waals surface area contributed by atoms with Crippen LogP contribution in [0.3, 0.4) is 0 Å². The summed E-state index contributed by atoms with van der Waals surface area (Å²) < 4.78 is 1.62. The number of tetrazole rings is 1. The Morgan fingerprint density at radius 1 is 1.39 bits per heavy atom. The van der Waals surface area contributed by atoms with Gasteiger partial charge in [0.25, 0.3) is 0 Å². The molecule has 0 spiro atoms. The molecule has 0 aliphatic carbocycles. The van der Waals surface area contributed by atoms with Crippen LogP contribution in [0.15, 0.2) is 24.4 Å². The van der Waals surface area contributed by atoms with Crippen LogP contribution in [0.5, 0.6) is 0 Å². The number of pyridine rings is 1. The lowest BCUT2D eigenvalue weighted by molar-refractivity contribution is -0.137. The average Bonchev–Trinajstić information content (AvgIpc) is 2.78. The Hall–Kier alpha value is -2.31. The van der Waals surface area contributed by atoms with Gasteiger partial charge in [-0.3, -0.25) is 9.78 Å². The summed E-state index contributed by atoms with van der Waals surface area (Å²) in [5, 5.41) is 19.9. The molecule has 18 heavy (non-hydrogen) atoms. The highest BCUT2D eigenvalue weighted by molar-refractivity contribution is 5.66. The third kappa shape index (κ3) is 3.34. The minimum atomic E-state index is -0.811. The molecule has 0 radical (unpaired) electrons. The second kappa shape index (κ2) is 5.85. The van der Waals surface area contributed by atoms with E-state index in [9.17, 15) is 4.79 Å². The standard InChI is InChI=1S/C11H13N5O2/c17-11(18)5-3-7-16-10(13-14-15-16)8-9-4-1-2-6-12-9/h1-2,4,6H,3,5,7-8H2,(H,17,18). The molecule has 0 saturated carbocycles. The average molecular weight is 247 g/mol. The number of aromatic nitrogens is 5. The minimum Gasteiger partial charge on any atom is -0.481 e. The van der Waals surface area contributed by atoms with Crippen molar-refractivity contribution in [3.8, 4) is 0 Å². The lowest BCUT2D eigenvalue weighted by Crippen LogP contribution is -2.08. The molecule has 0 saturated heterocycles. The molecule has 0 aromatic carbocycles. The van der Waals surface area contributed by atoms with E-state index < -0.39 is 5.97 Å². The molecule has 7 nitrogen and oxygen atoms in total. The van der Waals surface area contributed by atoms with Gasteiger partial charge >= 0.3 is 5.97 Å². The van der Waals surface area contributed by atoms with Gasteiger partial charge in [0, 0.05) is 24.9 Å². The van der Waals surface area contributed by atoms with E-state index in [-0.39, 0.29) is 6.42 Å². The van der Waals surface area contributed by atoms with Crippen molar-refractivity contribution in [1.29, 1.82) is 0 Å². The van der Waals surface area contributed by atoms with E-state index in [1.165, 1.54) is 0 Å². The number of carboxylic acids is 1. The van der Waals surface area contributed by atoms with Crippen molar-refractivity contribution >= 4 is 5.97 Å². The molecular formula is C11H13N5O2. The number of carbonyl (C=O) groups is 1. The van der Waals surface area contributed by atoms with Crippen LogP contribution in [-0.2, 0) is 17.8 Å². The zero-order chi connectivity index (χ0) is 12.8. The van der Waals surface area contributed by atoms with Gasteiger partial charge in [-0.15, -0.1) is 5.10 Å². The monoisotopic (exact) mass is 247 g/mol. The van der Waals surface area contributed by atoms with Gasteiger partial charge in [-0.1, -0.05) is 6.07 Å². The Bertz CT molecular complexity index is 511. The van der Waals surface area contributed by atoms with Gasteiger partial charge in [-0.2, -0.15) is 0 Å². The molecule has 0 bridgehead atoms. The number of hydrogen-bond donors (Lipinski definition) is 1. The summed E-state index contributed by atoms with van der Waals surface area (Å²) in [4.78, 5) is 14.6. The van der Waals surface area contributed by atoms with E-state index >= 15 is 0 Å². The Kier molecular flexibility index (Phi) is 3.95. The van der Waals surface area contributed by atoms with Gasteiger partial charge < -0.3 is 5.11 Å². The largest absolute Gasteiger partial charge is 0.481 e. The normalized spacial score (nSPS) is 10.4. The third-order valence-electron chi connectivity index (χ3n) is 2.43. The summed E-state index contributed by atoms with van der Waals surface area (Å²) in [6.45, 7) is 0.501. The second-order valence-corrected chi connectivity index (χ2v) is 3.81. The number of carboxylic acid groups (broad SMARTS) is 1. The molecule has 1 N–H and O–H groups in total. The number of rotatable bonds is 6. The van der Waals surface area contributed by atoms with Gasteiger partial charge in [0.1, 0.15) is 0 Å². The molecule has 0 atom stereocenters. The number of aliphatic carboxylic acids is 1. The quantitative estimate of drug-likeness (QED) is 0.800. The third-order valence-corrected chi connectivity index (χ3v) is 2.43. The van der Waals surface area contributed by atoms with E-state index in [0.717, 1.165) is 5.69 Å².